The molecule has 4 N–H and O–H groups in total. The van der Waals surface area contributed by atoms with E-state index >= 15 is 0 Å². The standard InChI is InChI=1S/C25H43N5O7S/c1-5-26-38(35,36)29-22(33)25-16-17(25)12-9-7-6-8-10-13-18(27-23(34)37-24(2,3)4)21(32)30-15-11-14-19(30)20(31)28-25/h17-19,26H,5-16H2,1-4H3,(H,27,34)(H,28,31)(H,29,33)/t17-,18+,19+,25-/m1/s1. The van der Waals surface area contributed by atoms with Gasteiger partial charge in [-0.15, -0.1) is 0 Å². The molecule has 0 aromatic heterocycles. The number of hydrogen-bond acceptors (Lipinski definition) is 7. The van der Waals surface area contributed by atoms with E-state index in [2.05, 4.69) is 20.1 Å². The van der Waals surface area contributed by atoms with Crippen molar-refractivity contribution in [3.05, 3.63) is 0 Å². The van der Waals surface area contributed by atoms with Crippen LogP contribution in [0.3, 0.4) is 0 Å². The minimum Gasteiger partial charge on any atom is -0.444 e. The van der Waals surface area contributed by atoms with Gasteiger partial charge in [-0.25, -0.2) is 9.52 Å². The number of nitrogens with one attached hydrogen (secondary N) is 4. The molecule has 2 saturated heterocycles. The zero-order valence-corrected chi connectivity index (χ0v) is 23.7. The van der Waals surface area contributed by atoms with E-state index in [1.807, 2.05) is 0 Å². The highest BCUT2D eigenvalue weighted by Gasteiger charge is 2.61. The van der Waals surface area contributed by atoms with E-state index in [0.717, 1.165) is 32.1 Å². The topological polar surface area (TPSA) is 163 Å². The molecule has 3 fully saturated rings. The number of carbonyl (C=O) groups excluding carboxylic acids is 4. The number of amides is 4. The predicted molar refractivity (Wildman–Crippen MR) is 140 cm³/mol. The molecule has 0 spiro atoms. The molecule has 3 aliphatic rings. The highest BCUT2D eigenvalue weighted by atomic mass is 32.2. The Hall–Kier alpha value is -2.41. The van der Waals surface area contributed by atoms with Crippen molar-refractivity contribution >= 4 is 34.0 Å². The van der Waals surface area contributed by atoms with Gasteiger partial charge < -0.3 is 20.3 Å². The fourth-order valence-corrected chi connectivity index (χ4v) is 6.27. The van der Waals surface area contributed by atoms with E-state index in [1.54, 1.807) is 27.7 Å². The molecule has 2 heterocycles. The number of fused-ring (bicyclic) bond motifs is 2. The monoisotopic (exact) mass is 557 g/mol. The van der Waals surface area contributed by atoms with Crippen LogP contribution in [0, 0.1) is 5.92 Å². The summed E-state index contributed by atoms with van der Waals surface area (Å²) in [5.74, 6) is -1.79. The molecule has 12 nitrogen and oxygen atoms in total. The highest BCUT2D eigenvalue weighted by molar-refractivity contribution is 7.88. The van der Waals surface area contributed by atoms with E-state index in [9.17, 15) is 27.6 Å². The van der Waals surface area contributed by atoms with Crippen molar-refractivity contribution in [3.8, 4) is 0 Å². The van der Waals surface area contributed by atoms with Crippen molar-refractivity contribution in [2.75, 3.05) is 13.1 Å². The van der Waals surface area contributed by atoms with Crippen LogP contribution in [-0.4, -0.2) is 73.4 Å². The number of nitrogens with zero attached hydrogens (tertiary/aromatic N) is 1. The summed E-state index contributed by atoms with van der Waals surface area (Å²) in [7, 11) is -4.05. The molecule has 4 atom stereocenters. The summed E-state index contributed by atoms with van der Waals surface area (Å²) in [5.41, 5.74) is -2.05. The minimum atomic E-state index is -4.05. The quantitative estimate of drug-likeness (QED) is 0.398. The molecule has 1 saturated carbocycles. The van der Waals surface area contributed by atoms with Crippen LogP contribution < -0.4 is 20.1 Å². The first-order chi connectivity index (χ1) is 17.8. The number of alkyl carbamates (subject to hydrolysis) is 1. The Bertz CT molecular complexity index is 1010. The van der Waals surface area contributed by atoms with Gasteiger partial charge in [0.2, 0.25) is 11.8 Å². The lowest BCUT2D eigenvalue weighted by Crippen LogP contribution is -2.59. The van der Waals surface area contributed by atoms with E-state index in [0.29, 0.717) is 38.6 Å². The van der Waals surface area contributed by atoms with Crippen LogP contribution in [0.5, 0.6) is 0 Å². The second-order valence-corrected chi connectivity index (χ2v) is 13.0. The zero-order chi connectivity index (χ0) is 28.1. The third-order valence-electron chi connectivity index (χ3n) is 7.29. The predicted octanol–water partition coefficient (Wildman–Crippen LogP) is 1.46. The van der Waals surface area contributed by atoms with Gasteiger partial charge in [-0.05, 0) is 58.8 Å². The maximum Gasteiger partial charge on any atom is 0.408 e. The first kappa shape index (κ1) is 30.1. The summed E-state index contributed by atoms with van der Waals surface area (Å²) in [5, 5.41) is 5.53. The number of hydrogen-bond donors (Lipinski definition) is 4. The van der Waals surface area contributed by atoms with Crippen LogP contribution >= 0.6 is 0 Å². The van der Waals surface area contributed by atoms with Crippen molar-refractivity contribution in [1.82, 2.24) is 25.0 Å². The Morgan fingerprint density at radius 2 is 1.71 bits per heavy atom. The molecule has 38 heavy (non-hydrogen) atoms. The second kappa shape index (κ2) is 12.2. The molecule has 3 rings (SSSR count). The van der Waals surface area contributed by atoms with Crippen LogP contribution in [0.1, 0.15) is 91.9 Å². The summed E-state index contributed by atoms with van der Waals surface area (Å²) in [6.45, 7) is 7.29. The largest absolute Gasteiger partial charge is 0.444 e. The van der Waals surface area contributed by atoms with Crippen LogP contribution in [-0.2, 0) is 29.3 Å². The van der Waals surface area contributed by atoms with Crippen molar-refractivity contribution in [2.24, 2.45) is 5.92 Å². The SMILES string of the molecule is CCNS(=O)(=O)NC(=O)[C@@]12C[C@H]1CCCCCCC[C@H](NC(=O)OC(C)(C)C)C(=O)N1CCC[C@H]1C(=O)N2. The Balaban J connectivity index is 1.81. The first-order valence-corrected chi connectivity index (χ1v) is 15.2. The Morgan fingerprint density at radius 3 is 2.37 bits per heavy atom. The number of ether oxygens (including phenoxy) is 1. The molecule has 0 unspecified atom stereocenters. The summed E-state index contributed by atoms with van der Waals surface area (Å²) < 4.78 is 34.1. The summed E-state index contributed by atoms with van der Waals surface area (Å²) in [6, 6.07) is -1.65. The minimum absolute atomic E-state index is 0.114. The lowest BCUT2D eigenvalue weighted by Gasteiger charge is -2.30. The van der Waals surface area contributed by atoms with Crippen LogP contribution in [0.25, 0.3) is 0 Å². The van der Waals surface area contributed by atoms with Crippen molar-refractivity contribution in [2.45, 2.75) is 115 Å². The number of carbonyl (C=O) groups is 4. The first-order valence-electron chi connectivity index (χ1n) is 13.7. The molecule has 2 aliphatic heterocycles. The van der Waals surface area contributed by atoms with Gasteiger partial charge >= 0.3 is 16.3 Å². The normalized spacial score (nSPS) is 29.2. The summed E-state index contributed by atoms with van der Waals surface area (Å²) >= 11 is 0. The Morgan fingerprint density at radius 1 is 1.05 bits per heavy atom. The molecule has 0 aromatic rings. The van der Waals surface area contributed by atoms with Crippen molar-refractivity contribution in [1.29, 1.82) is 0 Å². The van der Waals surface area contributed by atoms with Gasteiger partial charge in [-0.1, -0.05) is 39.0 Å². The molecule has 1 aliphatic carbocycles. The summed E-state index contributed by atoms with van der Waals surface area (Å²) in [4.78, 5) is 54.2. The van der Waals surface area contributed by atoms with Crippen molar-refractivity contribution in [3.63, 3.8) is 0 Å². The third-order valence-corrected chi connectivity index (χ3v) is 8.41. The molecule has 216 valence electrons. The van der Waals surface area contributed by atoms with E-state index < -0.39 is 51.3 Å². The van der Waals surface area contributed by atoms with E-state index in [-0.39, 0.29) is 18.4 Å². The van der Waals surface area contributed by atoms with Gasteiger partial charge in [0.25, 0.3) is 5.91 Å². The lowest BCUT2D eigenvalue weighted by atomic mass is 10.0. The highest BCUT2D eigenvalue weighted by Crippen LogP contribution is 2.47. The van der Waals surface area contributed by atoms with Crippen LogP contribution in [0.2, 0.25) is 0 Å². The smallest absolute Gasteiger partial charge is 0.408 e. The third kappa shape index (κ3) is 7.81. The fraction of sp³-hybridized carbons (Fsp3) is 0.840. The molecule has 4 amide bonds. The summed E-state index contributed by atoms with van der Waals surface area (Å²) in [6.07, 6.45) is 6.05. The molecular weight excluding hydrogens is 514 g/mol. The molecule has 0 radical (unpaired) electrons. The molecular formula is C25H43N5O7S. The Labute approximate surface area is 225 Å². The molecule has 13 heteroatoms. The van der Waals surface area contributed by atoms with E-state index in [1.165, 1.54) is 4.90 Å². The van der Waals surface area contributed by atoms with Crippen LogP contribution in [0.4, 0.5) is 4.79 Å². The van der Waals surface area contributed by atoms with Crippen LogP contribution in [0.15, 0.2) is 0 Å². The van der Waals surface area contributed by atoms with Gasteiger partial charge in [-0.3, -0.25) is 14.4 Å². The maximum absolute atomic E-state index is 13.6. The second-order valence-electron chi connectivity index (χ2n) is 11.5. The maximum atomic E-state index is 13.6. The van der Waals surface area contributed by atoms with Gasteiger partial charge in [0, 0.05) is 13.1 Å². The van der Waals surface area contributed by atoms with E-state index in [4.69, 9.17) is 4.74 Å². The molecule has 0 bridgehead atoms. The Kier molecular flexibility index (Phi) is 9.66. The molecule has 0 aromatic carbocycles. The number of rotatable bonds is 5. The van der Waals surface area contributed by atoms with Gasteiger partial charge in [0.05, 0.1) is 0 Å². The van der Waals surface area contributed by atoms with Crippen molar-refractivity contribution < 1.29 is 32.3 Å². The average Bonchev–Trinajstić information content (AvgIpc) is 3.26. The van der Waals surface area contributed by atoms with Gasteiger partial charge in [-0.2, -0.15) is 13.1 Å². The average molecular weight is 558 g/mol. The lowest BCUT2D eigenvalue weighted by molar-refractivity contribution is -0.141. The zero-order valence-electron chi connectivity index (χ0n) is 22.9. The van der Waals surface area contributed by atoms with Gasteiger partial charge in [0.1, 0.15) is 23.2 Å². The van der Waals surface area contributed by atoms with Gasteiger partial charge in [0.15, 0.2) is 0 Å². The fourth-order valence-electron chi connectivity index (χ4n) is 5.39.